The van der Waals surface area contributed by atoms with Crippen molar-refractivity contribution in [3.8, 4) is 0 Å². The van der Waals surface area contributed by atoms with Crippen molar-refractivity contribution >= 4 is 27.6 Å². The van der Waals surface area contributed by atoms with Crippen LogP contribution in [-0.2, 0) is 30.1 Å². The fourth-order valence-electron chi connectivity index (χ4n) is 3.90. The van der Waals surface area contributed by atoms with E-state index in [0.717, 1.165) is 13.0 Å². The Morgan fingerprint density at radius 3 is 2.60 bits per heavy atom. The molecule has 1 saturated heterocycles. The molecule has 0 saturated carbocycles. The van der Waals surface area contributed by atoms with E-state index in [4.69, 9.17) is 10.2 Å². The Hall–Kier alpha value is -2.53. The Labute approximate surface area is 177 Å². The number of urea groups is 1. The van der Waals surface area contributed by atoms with E-state index in [-0.39, 0.29) is 11.7 Å². The standard InChI is InChI=1S/C19H30N6O4S/c1-5-16-10-17(18(6-2)29-16)25(19(20)26)30(27,28)24(15-11-21-23(4)13-15)14-8-7-9-22(3)12-14/h10-11,13-14H,5-9,12H2,1-4H3,(H2,20,26). The molecule has 166 valence electrons. The van der Waals surface area contributed by atoms with Gasteiger partial charge >= 0.3 is 16.2 Å². The van der Waals surface area contributed by atoms with Crippen molar-refractivity contribution in [2.24, 2.45) is 12.8 Å². The van der Waals surface area contributed by atoms with Gasteiger partial charge in [0.05, 0.1) is 17.9 Å². The van der Waals surface area contributed by atoms with Gasteiger partial charge in [-0.3, -0.25) is 4.68 Å². The number of primary amides is 1. The van der Waals surface area contributed by atoms with Crippen molar-refractivity contribution in [1.82, 2.24) is 14.7 Å². The molecule has 0 aliphatic carbocycles. The maximum Gasteiger partial charge on any atom is 0.335 e. The molecule has 2 amide bonds. The van der Waals surface area contributed by atoms with Crippen molar-refractivity contribution in [3.63, 3.8) is 0 Å². The fraction of sp³-hybridized carbons (Fsp3) is 0.579. The number of piperidine rings is 1. The highest BCUT2D eigenvalue weighted by atomic mass is 32.2. The van der Waals surface area contributed by atoms with Crippen molar-refractivity contribution in [1.29, 1.82) is 0 Å². The molecule has 2 aromatic rings. The van der Waals surface area contributed by atoms with Gasteiger partial charge in [0.1, 0.15) is 17.2 Å². The zero-order valence-corrected chi connectivity index (χ0v) is 18.7. The molecule has 0 spiro atoms. The highest BCUT2D eigenvalue weighted by Gasteiger charge is 2.41. The van der Waals surface area contributed by atoms with Crippen molar-refractivity contribution in [2.45, 2.75) is 45.6 Å². The minimum Gasteiger partial charge on any atom is -0.464 e. The zero-order valence-electron chi connectivity index (χ0n) is 17.9. The summed E-state index contributed by atoms with van der Waals surface area (Å²) in [6.45, 7) is 5.15. The number of rotatable bonds is 7. The molecule has 0 bridgehead atoms. The Morgan fingerprint density at radius 1 is 1.33 bits per heavy atom. The molecule has 1 aliphatic heterocycles. The van der Waals surface area contributed by atoms with E-state index in [1.54, 1.807) is 19.3 Å². The second-order valence-corrected chi connectivity index (χ2v) is 9.22. The monoisotopic (exact) mass is 438 g/mol. The first kappa shape index (κ1) is 22.2. The van der Waals surface area contributed by atoms with Crippen molar-refractivity contribution in [3.05, 3.63) is 30.0 Å². The summed E-state index contributed by atoms with van der Waals surface area (Å²) in [6, 6.07) is 0.142. The number of carbonyl (C=O) groups excluding carboxylic acids is 1. The molecular formula is C19H30N6O4S. The van der Waals surface area contributed by atoms with Gasteiger partial charge in [-0.05, 0) is 26.4 Å². The van der Waals surface area contributed by atoms with E-state index in [1.165, 1.54) is 15.2 Å². The van der Waals surface area contributed by atoms with E-state index >= 15 is 0 Å². The number of likely N-dealkylation sites (N-methyl/N-ethyl adjacent to an activating group) is 1. The van der Waals surface area contributed by atoms with Crippen LogP contribution in [0.3, 0.4) is 0 Å². The summed E-state index contributed by atoms with van der Waals surface area (Å²) in [5.41, 5.74) is 6.17. The number of hydrogen-bond donors (Lipinski definition) is 1. The molecule has 2 aromatic heterocycles. The molecule has 1 fully saturated rings. The quantitative estimate of drug-likeness (QED) is 0.705. The number of nitrogens with two attached hydrogens (primary N) is 1. The van der Waals surface area contributed by atoms with Gasteiger partial charge in [-0.1, -0.05) is 13.8 Å². The third-order valence-electron chi connectivity index (χ3n) is 5.28. The molecule has 1 unspecified atom stereocenters. The van der Waals surface area contributed by atoms with Gasteiger partial charge in [0.15, 0.2) is 0 Å². The summed E-state index contributed by atoms with van der Waals surface area (Å²) < 4.78 is 37.0. The van der Waals surface area contributed by atoms with E-state index in [9.17, 15) is 13.2 Å². The van der Waals surface area contributed by atoms with Crippen LogP contribution in [0.4, 0.5) is 16.2 Å². The number of likely N-dealkylation sites (tertiary alicyclic amines) is 1. The Kier molecular flexibility index (Phi) is 6.41. The van der Waals surface area contributed by atoms with Crippen LogP contribution in [0.1, 0.15) is 38.2 Å². The average Bonchev–Trinajstić information content (AvgIpc) is 3.27. The van der Waals surface area contributed by atoms with Crippen LogP contribution in [0.25, 0.3) is 0 Å². The van der Waals surface area contributed by atoms with Crippen molar-refractivity contribution < 1.29 is 17.6 Å². The minimum absolute atomic E-state index is 0.167. The third-order valence-corrected chi connectivity index (χ3v) is 7.13. The summed E-state index contributed by atoms with van der Waals surface area (Å²) in [4.78, 5) is 14.5. The Bertz CT molecular complexity index is 999. The number of nitrogens with zero attached hydrogens (tertiary/aromatic N) is 5. The molecule has 3 heterocycles. The zero-order chi connectivity index (χ0) is 22.1. The molecule has 10 nitrogen and oxygen atoms in total. The summed E-state index contributed by atoms with van der Waals surface area (Å²) in [5.74, 6) is 0.995. The molecule has 11 heteroatoms. The number of aryl methyl sites for hydroxylation is 3. The fourth-order valence-corrected chi connectivity index (χ4v) is 5.62. The molecule has 1 aliphatic rings. The SMILES string of the molecule is CCc1cc(N(C(N)=O)S(=O)(=O)N(c2cnn(C)c2)C2CCCN(C)C2)c(CC)o1. The minimum atomic E-state index is -4.35. The third kappa shape index (κ3) is 4.17. The van der Waals surface area contributed by atoms with Gasteiger partial charge in [-0.25, -0.2) is 9.10 Å². The second-order valence-electron chi connectivity index (χ2n) is 7.56. The lowest BCUT2D eigenvalue weighted by Crippen LogP contribution is -2.56. The number of amides is 2. The summed E-state index contributed by atoms with van der Waals surface area (Å²) in [6.07, 6.45) is 5.61. The lowest BCUT2D eigenvalue weighted by atomic mass is 10.1. The van der Waals surface area contributed by atoms with Crippen LogP contribution in [0.15, 0.2) is 22.9 Å². The van der Waals surface area contributed by atoms with E-state index in [2.05, 4.69) is 10.00 Å². The molecule has 3 rings (SSSR count). The molecular weight excluding hydrogens is 408 g/mol. The highest BCUT2D eigenvalue weighted by molar-refractivity contribution is 7.95. The second kappa shape index (κ2) is 8.68. The summed E-state index contributed by atoms with van der Waals surface area (Å²) in [7, 11) is -0.690. The van der Waals surface area contributed by atoms with Gasteiger partial charge in [0, 0.05) is 38.7 Å². The van der Waals surface area contributed by atoms with E-state index in [0.29, 0.717) is 47.3 Å². The van der Waals surface area contributed by atoms with Crippen LogP contribution in [0, 0.1) is 0 Å². The number of hydrogen-bond acceptors (Lipinski definition) is 6. The van der Waals surface area contributed by atoms with Gasteiger partial charge in [-0.2, -0.15) is 17.8 Å². The highest BCUT2D eigenvalue weighted by Crippen LogP contribution is 2.33. The first-order valence-electron chi connectivity index (χ1n) is 10.1. The summed E-state index contributed by atoms with van der Waals surface area (Å²) >= 11 is 0. The van der Waals surface area contributed by atoms with Crippen LogP contribution in [0.2, 0.25) is 0 Å². The topological polar surface area (TPSA) is 118 Å². The maximum absolute atomic E-state index is 13.9. The molecule has 30 heavy (non-hydrogen) atoms. The normalized spacial score (nSPS) is 17.8. The predicted molar refractivity (Wildman–Crippen MR) is 115 cm³/mol. The summed E-state index contributed by atoms with van der Waals surface area (Å²) in [5, 5.41) is 4.14. The van der Waals surface area contributed by atoms with Gasteiger partial charge in [-0.15, -0.1) is 0 Å². The lowest BCUT2D eigenvalue weighted by molar-refractivity contribution is 0.252. The van der Waals surface area contributed by atoms with E-state index < -0.39 is 16.2 Å². The molecule has 0 aromatic carbocycles. The first-order chi connectivity index (χ1) is 14.2. The van der Waals surface area contributed by atoms with Gasteiger partial charge < -0.3 is 15.1 Å². The molecule has 0 radical (unpaired) electrons. The first-order valence-corrected chi connectivity index (χ1v) is 11.5. The number of carbonyl (C=O) groups is 1. The van der Waals surface area contributed by atoms with E-state index in [1.807, 2.05) is 20.9 Å². The number of furan rings is 1. The molecule has 1 atom stereocenters. The van der Waals surface area contributed by atoms with Gasteiger partial charge in [0.2, 0.25) is 0 Å². The maximum atomic E-state index is 13.9. The predicted octanol–water partition coefficient (Wildman–Crippen LogP) is 1.87. The smallest absolute Gasteiger partial charge is 0.335 e. The van der Waals surface area contributed by atoms with Crippen molar-refractivity contribution in [2.75, 3.05) is 28.7 Å². The van der Waals surface area contributed by atoms with Crippen LogP contribution in [0.5, 0.6) is 0 Å². The molecule has 2 N–H and O–H groups in total. The Balaban J connectivity index is 2.14. The number of anilines is 2. The average molecular weight is 439 g/mol. The van der Waals surface area contributed by atoms with Gasteiger partial charge in [0.25, 0.3) is 0 Å². The Morgan fingerprint density at radius 2 is 2.07 bits per heavy atom. The van der Waals surface area contributed by atoms with Crippen LogP contribution >= 0.6 is 0 Å². The van der Waals surface area contributed by atoms with Crippen LogP contribution in [-0.4, -0.2) is 55.3 Å². The lowest BCUT2D eigenvalue weighted by Gasteiger charge is -2.39. The largest absolute Gasteiger partial charge is 0.464 e. The van der Waals surface area contributed by atoms with Crippen LogP contribution < -0.4 is 14.3 Å². The number of aromatic nitrogens is 2.